The molecule has 30 heavy (non-hydrogen) atoms. The van der Waals surface area contributed by atoms with E-state index in [0.717, 1.165) is 19.0 Å². The normalized spacial score (nSPS) is 29.8. The highest BCUT2D eigenvalue weighted by Crippen LogP contribution is 2.43. The van der Waals surface area contributed by atoms with Crippen LogP contribution in [0.1, 0.15) is 62.5 Å². The summed E-state index contributed by atoms with van der Waals surface area (Å²) in [5.41, 5.74) is 10.5. The van der Waals surface area contributed by atoms with Crippen LogP contribution in [0.25, 0.3) is 0 Å². The fraction of sp³-hybridized carbons (Fsp3) is 0.393. The summed E-state index contributed by atoms with van der Waals surface area (Å²) in [4.78, 5) is 2.60. The van der Waals surface area contributed by atoms with Crippen LogP contribution in [0.15, 0.2) is 72.0 Å². The number of para-hydroxylation sites is 2. The lowest BCUT2D eigenvalue weighted by Gasteiger charge is -2.32. The second kappa shape index (κ2) is 6.97. The van der Waals surface area contributed by atoms with E-state index in [-0.39, 0.29) is 0 Å². The van der Waals surface area contributed by atoms with Crippen molar-refractivity contribution in [2.45, 2.75) is 51.4 Å². The average Bonchev–Trinajstić information content (AvgIpc) is 3.31. The molecular weight excluding hydrogens is 364 g/mol. The van der Waals surface area contributed by atoms with Gasteiger partial charge >= 0.3 is 0 Å². The molecule has 2 aliphatic carbocycles. The van der Waals surface area contributed by atoms with Crippen LogP contribution >= 0.6 is 0 Å². The summed E-state index contributed by atoms with van der Waals surface area (Å²) >= 11 is 0. The zero-order valence-electron chi connectivity index (χ0n) is 18.1. The van der Waals surface area contributed by atoms with Gasteiger partial charge in [0.1, 0.15) is 0 Å². The van der Waals surface area contributed by atoms with Gasteiger partial charge in [0.05, 0.1) is 0 Å². The first kappa shape index (κ1) is 18.2. The number of hydrogen-bond acceptors (Lipinski definition) is 1. The van der Waals surface area contributed by atoms with Crippen molar-refractivity contribution >= 4 is 17.1 Å². The molecule has 6 rings (SSSR count). The highest BCUT2D eigenvalue weighted by atomic mass is 15.2. The van der Waals surface area contributed by atoms with Crippen LogP contribution < -0.4 is 4.90 Å². The number of nitrogens with zero attached hydrogens (tertiary/aromatic N) is 2. The van der Waals surface area contributed by atoms with E-state index in [1.54, 1.807) is 5.57 Å². The quantitative estimate of drug-likeness (QED) is 0.498. The van der Waals surface area contributed by atoms with Crippen molar-refractivity contribution in [3.8, 4) is 0 Å². The molecule has 2 aromatic rings. The number of fused-ring (bicyclic) bond motifs is 3. The zero-order chi connectivity index (χ0) is 20.2. The maximum absolute atomic E-state index is 2.60. The Bertz CT molecular complexity index is 1100. The van der Waals surface area contributed by atoms with Gasteiger partial charge < -0.3 is 4.90 Å². The number of benzene rings is 2. The first-order valence-electron chi connectivity index (χ1n) is 11.7. The molecule has 152 valence electrons. The largest absolute Gasteiger partial charge is 0.344 e. The summed E-state index contributed by atoms with van der Waals surface area (Å²) in [7, 11) is 0. The Balaban J connectivity index is 1.39. The number of hydrogen-bond donors (Lipinski definition) is 0. The van der Waals surface area contributed by atoms with Gasteiger partial charge in [-0.15, -0.1) is 0 Å². The smallest absolute Gasteiger partial charge is 0.209 e. The molecular formula is C28H31N2+. The third-order valence-corrected chi connectivity index (χ3v) is 7.76. The molecule has 3 unspecified atom stereocenters. The minimum atomic E-state index is 0.616. The van der Waals surface area contributed by atoms with Crippen LogP contribution in [0.2, 0.25) is 0 Å². The van der Waals surface area contributed by atoms with Crippen molar-refractivity contribution in [3.63, 3.8) is 0 Å². The second-order valence-electron chi connectivity index (χ2n) is 9.69. The molecule has 0 saturated heterocycles. The monoisotopic (exact) mass is 395 g/mol. The number of rotatable bonds is 1. The van der Waals surface area contributed by atoms with Crippen LogP contribution in [0.4, 0.5) is 11.4 Å². The standard InChI is InChI=1S/C28H31N2/c1-19-17-29(27-9-5-3-7-25(19)27)23-13-11-21-12-14-24(16-22(21)15-23)30-18-20(2)26-8-4-6-10-28(26)30/h3-10,15-16,19-21H,11-14,17-18H2,1-2H3/q+1. The van der Waals surface area contributed by atoms with E-state index in [1.807, 2.05) is 0 Å². The van der Waals surface area contributed by atoms with Gasteiger partial charge in [-0.1, -0.05) is 50.2 Å². The summed E-state index contributed by atoms with van der Waals surface area (Å²) in [6.07, 6.45) is 10.1. The Hall–Kier alpha value is -2.61. The van der Waals surface area contributed by atoms with Gasteiger partial charge in [0.2, 0.25) is 5.69 Å². The van der Waals surface area contributed by atoms with Gasteiger partial charge in [0, 0.05) is 53.9 Å². The van der Waals surface area contributed by atoms with E-state index in [0.29, 0.717) is 11.8 Å². The minimum absolute atomic E-state index is 0.616. The van der Waals surface area contributed by atoms with Crippen molar-refractivity contribution in [1.82, 2.24) is 0 Å². The first-order chi connectivity index (χ1) is 14.7. The van der Waals surface area contributed by atoms with E-state index < -0.39 is 0 Å². The van der Waals surface area contributed by atoms with Gasteiger partial charge in [0.15, 0.2) is 12.3 Å². The SMILES string of the molecule is CC1CN(C2=CC3=C/C(=[N+]4\CC(C)c5ccccc54)CCC3CC2)c2ccccc21. The second-order valence-corrected chi connectivity index (χ2v) is 9.69. The van der Waals surface area contributed by atoms with Gasteiger partial charge in [-0.2, -0.15) is 4.58 Å². The lowest BCUT2D eigenvalue weighted by Crippen LogP contribution is -2.27. The fourth-order valence-electron chi connectivity index (χ4n) is 6.14. The molecule has 2 aliphatic heterocycles. The molecule has 3 atom stereocenters. The predicted molar refractivity (Wildman–Crippen MR) is 125 cm³/mol. The fourth-order valence-corrected chi connectivity index (χ4v) is 6.14. The summed E-state index contributed by atoms with van der Waals surface area (Å²) in [6.45, 7) is 6.97. The number of anilines is 1. The Kier molecular flexibility index (Phi) is 4.23. The molecule has 0 spiro atoms. The molecule has 2 aromatic carbocycles. The minimum Gasteiger partial charge on any atom is -0.344 e. The molecule has 2 heterocycles. The van der Waals surface area contributed by atoms with Crippen molar-refractivity contribution in [1.29, 1.82) is 0 Å². The van der Waals surface area contributed by atoms with Crippen molar-refractivity contribution in [3.05, 3.63) is 83.1 Å². The lowest BCUT2D eigenvalue weighted by atomic mass is 9.79. The van der Waals surface area contributed by atoms with Crippen molar-refractivity contribution < 1.29 is 4.58 Å². The van der Waals surface area contributed by atoms with E-state index in [9.17, 15) is 0 Å². The maximum atomic E-state index is 2.60. The highest BCUT2D eigenvalue weighted by Gasteiger charge is 2.36. The topological polar surface area (TPSA) is 6.25 Å². The van der Waals surface area contributed by atoms with E-state index in [4.69, 9.17) is 0 Å². The summed E-state index contributed by atoms with van der Waals surface area (Å²) in [5.74, 6) is 1.97. The molecule has 2 nitrogen and oxygen atoms in total. The molecule has 0 aromatic heterocycles. The summed E-state index contributed by atoms with van der Waals surface area (Å²) in [6, 6.07) is 18.0. The Morgan fingerprint density at radius 3 is 2.50 bits per heavy atom. The van der Waals surface area contributed by atoms with E-state index in [2.05, 4.69) is 84.0 Å². The molecule has 0 amide bonds. The van der Waals surface area contributed by atoms with Crippen molar-refractivity contribution in [2.75, 3.05) is 18.0 Å². The van der Waals surface area contributed by atoms with Crippen LogP contribution in [-0.4, -0.2) is 23.4 Å². The van der Waals surface area contributed by atoms with Gasteiger partial charge in [-0.25, -0.2) is 0 Å². The van der Waals surface area contributed by atoms with Crippen LogP contribution in [0, 0.1) is 5.92 Å². The summed E-state index contributed by atoms with van der Waals surface area (Å²) in [5, 5.41) is 0. The molecule has 0 bridgehead atoms. The predicted octanol–water partition coefficient (Wildman–Crippen LogP) is 6.53. The Morgan fingerprint density at radius 1 is 0.833 bits per heavy atom. The van der Waals surface area contributed by atoms with Crippen molar-refractivity contribution in [2.24, 2.45) is 5.92 Å². The highest BCUT2D eigenvalue weighted by molar-refractivity contribution is 5.94. The Morgan fingerprint density at radius 2 is 1.60 bits per heavy atom. The third-order valence-electron chi connectivity index (χ3n) is 7.76. The van der Waals surface area contributed by atoms with Crippen LogP contribution in [0.5, 0.6) is 0 Å². The molecule has 0 fully saturated rings. The Labute approximate surface area is 180 Å². The molecule has 0 saturated carbocycles. The maximum Gasteiger partial charge on any atom is 0.209 e. The van der Waals surface area contributed by atoms with Crippen LogP contribution in [-0.2, 0) is 0 Å². The molecule has 4 aliphatic rings. The average molecular weight is 396 g/mol. The number of allylic oxidation sites excluding steroid dienone is 4. The lowest BCUT2D eigenvalue weighted by molar-refractivity contribution is -0.432. The van der Waals surface area contributed by atoms with Gasteiger partial charge in [0.25, 0.3) is 0 Å². The molecule has 0 radical (unpaired) electrons. The molecule has 0 N–H and O–H groups in total. The zero-order valence-corrected chi connectivity index (χ0v) is 18.1. The van der Waals surface area contributed by atoms with E-state index >= 15 is 0 Å². The first-order valence-corrected chi connectivity index (χ1v) is 11.7. The van der Waals surface area contributed by atoms with E-state index in [1.165, 1.54) is 59.6 Å². The van der Waals surface area contributed by atoms with Crippen LogP contribution in [0.3, 0.4) is 0 Å². The third kappa shape index (κ3) is 2.80. The summed E-state index contributed by atoms with van der Waals surface area (Å²) < 4.78 is 2.60. The molecule has 2 heteroatoms. The van der Waals surface area contributed by atoms with Gasteiger partial charge in [-0.05, 0) is 48.5 Å². The van der Waals surface area contributed by atoms with Gasteiger partial charge in [-0.3, -0.25) is 0 Å².